The van der Waals surface area contributed by atoms with Gasteiger partial charge in [-0.15, -0.1) is 0 Å². The molecule has 0 saturated carbocycles. The molecule has 1 heterocycles. The largest absolute Gasteiger partial charge is 0.308 e. The lowest BCUT2D eigenvalue weighted by atomic mass is 9.89. The standard InChI is InChI=1S/C25H35FN2/c1-8-9-10-23(21(7)22-11-12-25(26)19(5)14-22)24-16-28(27-15-17(2)3)20(6)13-18(24)4/h9-14,16-17,20,27H,8,15H2,1-7H3/b10-9-,23-21-. The molecule has 3 heteroatoms. The van der Waals surface area contributed by atoms with Crippen molar-refractivity contribution in [1.82, 2.24) is 10.4 Å². The van der Waals surface area contributed by atoms with Gasteiger partial charge in [0.05, 0.1) is 6.04 Å². The number of nitrogens with zero attached hydrogens (tertiary/aromatic N) is 1. The van der Waals surface area contributed by atoms with Crippen molar-refractivity contribution in [3.63, 3.8) is 0 Å². The number of rotatable bonds is 7. The first-order valence-corrected chi connectivity index (χ1v) is 10.3. The summed E-state index contributed by atoms with van der Waals surface area (Å²) >= 11 is 0. The molecule has 2 nitrogen and oxygen atoms in total. The number of aryl methyl sites for hydroxylation is 1. The van der Waals surface area contributed by atoms with Crippen LogP contribution in [0, 0.1) is 18.7 Å². The van der Waals surface area contributed by atoms with Crippen molar-refractivity contribution in [3.05, 3.63) is 76.3 Å². The number of hydrogen-bond acceptors (Lipinski definition) is 2. The molecule has 1 N–H and O–H groups in total. The number of allylic oxidation sites excluding steroid dienone is 6. The molecule has 0 aromatic heterocycles. The van der Waals surface area contributed by atoms with Gasteiger partial charge in [-0.1, -0.05) is 45.1 Å². The van der Waals surface area contributed by atoms with E-state index in [9.17, 15) is 4.39 Å². The van der Waals surface area contributed by atoms with Gasteiger partial charge in [-0.25, -0.2) is 9.82 Å². The average Bonchev–Trinajstić information content (AvgIpc) is 2.64. The van der Waals surface area contributed by atoms with E-state index in [2.05, 4.69) is 76.4 Å². The second kappa shape index (κ2) is 9.88. The fourth-order valence-corrected chi connectivity index (χ4v) is 3.34. The van der Waals surface area contributed by atoms with Crippen molar-refractivity contribution >= 4 is 5.57 Å². The molecule has 0 aliphatic carbocycles. The van der Waals surface area contributed by atoms with Crippen LogP contribution in [0.2, 0.25) is 0 Å². The smallest absolute Gasteiger partial charge is 0.126 e. The molecule has 152 valence electrons. The van der Waals surface area contributed by atoms with Crippen LogP contribution in [0.4, 0.5) is 4.39 Å². The highest BCUT2D eigenvalue weighted by Crippen LogP contribution is 2.32. The highest BCUT2D eigenvalue weighted by atomic mass is 19.1. The fourth-order valence-electron chi connectivity index (χ4n) is 3.34. The molecule has 0 saturated heterocycles. The van der Waals surface area contributed by atoms with E-state index < -0.39 is 0 Å². The molecular formula is C25H35FN2. The second-order valence-corrected chi connectivity index (χ2v) is 8.11. The van der Waals surface area contributed by atoms with Gasteiger partial charge in [0.15, 0.2) is 0 Å². The number of hydrogen-bond donors (Lipinski definition) is 1. The van der Waals surface area contributed by atoms with E-state index in [4.69, 9.17) is 0 Å². The molecule has 1 aliphatic heterocycles. The first kappa shape index (κ1) is 22.2. The van der Waals surface area contributed by atoms with Crippen LogP contribution >= 0.6 is 0 Å². The first-order valence-electron chi connectivity index (χ1n) is 10.3. The van der Waals surface area contributed by atoms with Crippen LogP contribution in [0.25, 0.3) is 5.57 Å². The summed E-state index contributed by atoms with van der Waals surface area (Å²) in [6.45, 7) is 15.8. The maximum atomic E-state index is 13.8. The number of halogens is 1. The Morgan fingerprint density at radius 3 is 2.61 bits per heavy atom. The Labute approximate surface area is 170 Å². The maximum Gasteiger partial charge on any atom is 0.126 e. The van der Waals surface area contributed by atoms with E-state index in [0.717, 1.165) is 24.1 Å². The lowest BCUT2D eigenvalue weighted by molar-refractivity contribution is 0.220. The monoisotopic (exact) mass is 382 g/mol. The number of hydrazine groups is 1. The summed E-state index contributed by atoms with van der Waals surface area (Å²) in [4.78, 5) is 0. The topological polar surface area (TPSA) is 15.3 Å². The highest BCUT2D eigenvalue weighted by molar-refractivity contribution is 5.76. The molecule has 1 aromatic rings. The summed E-state index contributed by atoms with van der Waals surface area (Å²) in [6.07, 6.45) is 9.88. The van der Waals surface area contributed by atoms with E-state index in [1.54, 1.807) is 6.07 Å². The SMILES string of the molecule is CC/C=C\C(C1=CN(NCC(C)C)C(C)C=C1C)=C(/C)c1ccc(F)c(C)c1. The second-order valence-electron chi connectivity index (χ2n) is 8.11. The lowest BCUT2D eigenvalue weighted by Crippen LogP contribution is -2.43. The van der Waals surface area contributed by atoms with Crippen LogP contribution in [-0.2, 0) is 0 Å². The van der Waals surface area contributed by atoms with Gasteiger partial charge in [0, 0.05) is 18.3 Å². The van der Waals surface area contributed by atoms with E-state index in [1.807, 2.05) is 19.1 Å². The zero-order valence-electron chi connectivity index (χ0n) is 18.4. The summed E-state index contributed by atoms with van der Waals surface area (Å²) in [5.74, 6) is 0.419. The highest BCUT2D eigenvalue weighted by Gasteiger charge is 2.20. The van der Waals surface area contributed by atoms with Crippen LogP contribution in [0.15, 0.2) is 59.3 Å². The molecule has 1 aliphatic rings. The minimum absolute atomic E-state index is 0.159. The van der Waals surface area contributed by atoms with Gasteiger partial charge in [0.25, 0.3) is 0 Å². The Morgan fingerprint density at radius 2 is 2.00 bits per heavy atom. The van der Waals surface area contributed by atoms with Gasteiger partial charge in [0.1, 0.15) is 5.82 Å². The third-order valence-electron chi connectivity index (χ3n) is 5.11. The Bertz CT molecular complexity index is 812. The zero-order chi connectivity index (χ0) is 20.8. The van der Waals surface area contributed by atoms with Crippen molar-refractivity contribution in [2.75, 3.05) is 6.54 Å². The van der Waals surface area contributed by atoms with Crippen molar-refractivity contribution < 1.29 is 4.39 Å². The van der Waals surface area contributed by atoms with Crippen LogP contribution in [0.3, 0.4) is 0 Å². The van der Waals surface area contributed by atoms with E-state index in [0.29, 0.717) is 17.5 Å². The predicted molar refractivity (Wildman–Crippen MR) is 119 cm³/mol. The van der Waals surface area contributed by atoms with Crippen molar-refractivity contribution in [3.8, 4) is 0 Å². The van der Waals surface area contributed by atoms with Gasteiger partial charge >= 0.3 is 0 Å². The van der Waals surface area contributed by atoms with Crippen molar-refractivity contribution in [2.45, 2.75) is 60.9 Å². The van der Waals surface area contributed by atoms with Crippen molar-refractivity contribution in [1.29, 1.82) is 0 Å². The molecule has 2 rings (SSSR count). The summed E-state index contributed by atoms with van der Waals surface area (Å²) in [5, 5.41) is 2.20. The first-order chi connectivity index (χ1) is 13.2. The fraction of sp³-hybridized carbons (Fsp3) is 0.440. The van der Waals surface area contributed by atoms with E-state index in [1.165, 1.54) is 16.7 Å². The molecule has 0 bridgehead atoms. The zero-order valence-corrected chi connectivity index (χ0v) is 18.4. The summed E-state index contributed by atoms with van der Waals surface area (Å²) in [5.41, 5.74) is 10.1. The molecule has 1 aromatic carbocycles. The minimum atomic E-state index is -0.159. The predicted octanol–water partition coefficient (Wildman–Crippen LogP) is 6.57. The third kappa shape index (κ3) is 5.45. The molecular weight excluding hydrogens is 347 g/mol. The Morgan fingerprint density at radius 1 is 1.29 bits per heavy atom. The normalized spacial score (nSPS) is 18.5. The van der Waals surface area contributed by atoms with Gasteiger partial charge in [-0.3, -0.25) is 0 Å². The molecule has 1 atom stereocenters. The molecule has 0 amide bonds. The number of benzene rings is 1. The molecule has 0 radical (unpaired) electrons. The van der Waals surface area contributed by atoms with Gasteiger partial charge in [0.2, 0.25) is 0 Å². The minimum Gasteiger partial charge on any atom is -0.308 e. The summed E-state index contributed by atoms with van der Waals surface area (Å²) in [7, 11) is 0. The van der Waals surface area contributed by atoms with Crippen molar-refractivity contribution in [2.24, 2.45) is 5.92 Å². The molecule has 1 unspecified atom stereocenters. The Kier molecular flexibility index (Phi) is 7.82. The van der Waals surface area contributed by atoms with Gasteiger partial charge in [-0.05, 0) is 80.0 Å². The maximum absolute atomic E-state index is 13.8. The van der Waals surface area contributed by atoms with E-state index in [-0.39, 0.29) is 5.82 Å². The van der Waals surface area contributed by atoms with Crippen LogP contribution in [0.1, 0.15) is 59.1 Å². The molecule has 0 spiro atoms. The lowest BCUT2D eigenvalue weighted by Gasteiger charge is -2.33. The third-order valence-corrected chi connectivity index (χ3v) is 5.11. The Balaban J connectivity index is 2.53. The quantitative estimate of drug-likeness (QED) is 0.537. The van der Waals surface area contributed by atoms with E-state index >= 15 is 0 Å². The number of nitrogens with one attached hydrogen (secondary N) is 1. The van der Waals surface area contributed by atoms with Crippen LogP contribution < -0.4 is 5.43 Å². The van der Waals surface area contributed by atoms with Crippen LogP contribution in [0.5, 0.6) is 0 Å². The Hall–Kier alpha value is -2.13. The molecule has 0 fully saturated rings. The average molecular weight is 383 g/mol. The van der Waals surface area contributed by atoms with Crippen LogP contribution in [-0.4, -0.2) is 17.6 Å². The van der Waals surface area contributed by atoms with Gasteiger partial charge < -0.3 is 5.01 Å². The van der Waals surface area contributed by atoms with Gasteiger partial charge in [-0.2, -0.15) is 0 Å². The summed E-state index contributed by atoms with van der Waals surface area (Å²) in [6, 6.07) is 5.67. The molecule has 28 heavy (non-hydrogen) atoms. The summed E-state index contributed by atoms with van der Waals surface area (Å²) < 4.78 is 13.8.